The van der Waals surface area contributed by atoms with Gasteiger partial charge in [0.25, 0.3) is 0 Å². The monoisotopic (exact) mass is 268 g/mol. The summed E-state index contributed by atoms with van der Waals surface area (Å²) in [6, 6.07) is 6.43. The highest BCUT2D eigenvalue weighted by atomic mass is 19.1. The van der Waals surface area contributed by atoms with Gasteiger partial charge in [-0.3, -0.25) is 4.98 Å². The van der Waals surface area contributed by atoms with Crippen LogP contribution in [0.2, 0.25) is 0 Å². The minimum absolute atomic E-state index is 0.283. The van der Waals surface area contributed by atoms with E-state index in [1.54, 1.807) is 18.5 Å². The third-order valence-corrected chi connectivity index (χ3v) is 3.32. The molecule has 0 fully saturated rings. The Labute approximate surface area is 111 Å². The summed E-state index contributed by atoms with van der Waals surface area (Å²) in [7, 11) is 0. The van der Waals surface area contributed by atoms with Crippen molar-refractivity contribution in [3.05, 3.63) is 53.0 Å². The van der Waals surface area contributed by atoms with Crippen molar-refractivity contribution in [2.45, 2.75) is 0 Å². The van der Waals surface area contributed by atoms with Gasteiger partial charge in [-0.1, -0.05) is 0 Å². The molecule has 6 heteroatoms. The number of imidazole rings is 1. The van der Waals surface area contributed by atoms with E-state index in [0.29, 0.717) is 11.2 Å². The molecule has 0 aliphatic rings. The van der Waals surface area contributed by atoms with Crippen molar-refractivity contribution in [3.63, 3.8) is 0 Å². The average Bonchev–Trinajstić information content (AvgIpc) is 2.99. The fourth-order valence-corrected chi connectivity index (χ4v) is 2.41. The lowest BCUT2D eigenvalue weighted by Crippen LogP contribution is -1.99. The Morgan fingerprint density at radius 3 is 2.90 bits per heavy atom. The van der Waals surface area contributed by atoms with Crippen LogP contribution in [0.25, 0.3) is 33.2 Å². The van der Waals surface area contributed by atoms with E-state index in [1.165, 1.54) is 12.1 Å². The minimum Gasteiger partial charge on any atom is -0.360 e. The van der Waals surface area contributed by atoms with Crippen LogP contribution in [-0.2, 0) is 0 Å². The highest BCUT2D eigenvalue weighted by Gasteiger charge is 2.09. The number of pyridine rings is 1. The number of hydrogen-bond donors (Lipinski definition) is 3. The van der Waals surface area contributed by atoms with Gasteiger partial charge in [0, 0.05) is 34.4 Å². The number of H-pyrrole nitrogens is 3. The molecule has 3 N–H and O–H groups in total. The Balaban J connectivity index is 1.98. The first kappa shape index (κ1) is 11.0. The Bertz CT molecular complexity index is 995. The minimum atomic E-state index is -0.286. The van der Waals surface area contributed by atoms with Crippen LogP contribution in [-0.4, -0.2) is 19.9 Å². The van der Waals surface area contributed by atoms with Crippen molar-refractivity contribution < 1.29 is 4.39 Å². The summed E-state index contributed by atoms with van der Waals surface area (Å²) in [6.45, 7) is 0. The van der Waals surface area contributed by atoms with Crippen LogP contribution in [0.5, 0.6) is 0 Å². The Morgan fingerprint density at radius 1 is 1.10 bits per heavy atom. The molecule has 98 valence electrons. The quantitative estimate of drug-likeness (QED) is 0.496. The second kappa shape index (κ2) is 3.80. The second-order valence-electron chi connectivity index (χ2n) is 4.59. The Morgan fingerprint density at radius 2 is 2.00 bits per heavy atom. The molecule has 3 heterocycles. The number of halogens is 1. The van der Waals surface area contributed by atoms with Crippen LogP contribution in [0.4, 0.5) is 4.39 Å². The molecule has 0 amide bonds. The van der Waals surface area contributed by atoms with E-state index in [9.17, 15) is 9.18 Å². The van der Waals surface area contributed by atoms with Crippen LogP contribution in [0.3, 0.4) is 0 Å². The van der Waals surface area contributed by atoms with Crippen molar-refractivity contribution in [2.24, 2.45) is 0 Å². The average molecular weight is 268 g/mol. The molecule has 3 aromatic heterocycles. The highest BCUT2D eigenvalue weighted by molar-refractivity contribution is 5.96. The van der Waals surface area contributed by atoms with Crippen LogP contribution in [0.1, 0.15) is 0 Å². The molecule has 0 saturated heterocycles. The van der Waals surface area contributed by atoms with Crippen LogP contribution < -0.4 is 5.69 Å². The summed E-state index contributed by atoms with van der Waals surface area (Å²) in [5.74, 6) is -0.283. The summed E-state index contributed by atoms with van der Waals surface area (Å²) < 4.78 is 13.2. The van der Waals surface area contributed by atoms with E-state index in [2.05, 4.69) is 19.9 Å². The number of nitrogens with zero attached hydrogens (tertiary/aromatic N) is 1. The topological polar surface area (TPSA) is 77.3 Å². The molecule has 5 nitrogen and oxygen atoms in total. The lowest BCUT2D eigenvalue weighted by molar-refractivity contribution is 0.629. The fourth-order valence-electron chi connectivity index (χ4n) is 2.41. The first-order valence-corrected chi connectivity index (χ1v) is 6.06. The molecule has 1 aromatic carbocycles. The molecule has 0 radical (unpaired) electrons. The van der Waals surface area contributed by atoms with Gasteiger partial charge in [-0.2, -0.15) is 0 Å². The predicted molar refractivity (Wildman–Crippen MR) is 74.0 cm³/mol. The third-order valence-electron chi connectivity index (χ3n) is 3.32. The summed E-state index contributed by atoms with van der Waals surface area (Å²) in [4.78, 5) is 23.7. The first-order valence-electron chi connectivity index (χ1n) is 6.06. The molecule has 0 spiro atoms. The van der Waals surface area contributed by atoms with Gasteiger partial charge in [0.1, 0.15) is 5.82 Å². The second-order valence-corrected chi connectivity index (χ2v) is 4.59. The zero-order chi connectivity index (χ0) is 13.7. The van der Waals surface area contributed by atoms with Gasteiger partial charge in [0.05, 0.1) is 5.52 Å². The smallest absolute Gasteiger partial charge is 0.325 e. The summed E-state index contributed by atoms with van der Waals surface area (Å²) >= 11 is 0. The highest BCUT2D eigenvalue weighted by Crippen LogP contribution is 2.29. The molecular weight excluding hydrogens is 259 g/mol. The number of nitrogens with one attached hydrogen (secondary N) is 3. The molecule has 0 aliphatic heterocycles. The van der Waals surface area contributed by atoms with Gasteiger partial charge >= 0.3 is 5.69 Å². The van der Waals surface area contributed by atoms with E-state index in [4.69, 9.17) is 0 Å². The van der Waals surface area contributed by atoms with Crippen LogP contribution in [0, 0.1) is 5.82 Å². The molecule has 0 unspecified atom stereocenters. The maximum Gasteiger partial charge on any atom is 0.325 e. The van der Waals surface area contributed by atoms with E-state index >= 15 is 0 Å². The Hall–Kier alpha value is -2.89. The zero-order valence-electron chi connectivity index (χ0n) is 10.2. The van der Waals surface area contributed by atoms with Crippen molar-refractivity contribution in [3.8, 4) is 11.1 Å². The lowest BCUT2D eigenvalue weighted by Gasteiger charge is -1.99. The van der Waals surface area contributed by atoms with Gasteiger partial charge in [0.15, 0.2) is 5.65 Å². The number of rotatable bonds is 1. The van der Waals surface area contributed by atoms with Crippen molar-refractivity contribution >= 4 is 22.1 Å². The van der Waals surface area contributed by atoms with Crippen LogP contribution in [0.15, 0.2) is 41.5 Å². The predicted octanol–water partition coefficient (Wildman–Crippen LogP) is 2.54. The van der Waals surface area contributed by atoms with Crippen LogP contribution >= 0.6 is 0 Å². The van der Waals surface area contributed by atoms with Gasteiger partial charge < -0.3 is 9.97 Å². The van der Waals surface area contributed by atoms with E-state index in [0.717, 1.165) is 22.0 Å². The summed E-state index contributed by atoms with van der Waals surface area (Å²) in [6.07, 6.45) is 3.48. The SMILES string of the molecule is O=c1[nH]c2cc(-c3c[nH]c4cc(F)ccc34)cnc2[nH]1. The van der Waals surface area contributed by atoms with E-state index in [-0.39, 0.29) is 11.5 Å². The van der Waals surface area contributed by atoms with Gasteiger partial charge in [0.2, 0.25) is 0 Å². The number of hydrogen-bond acceptors (Lipinski definition) is 2. The maximum atomic E-state index is 13.2. The standard InChI is InChI=1S/C14H9FN4O/c15-8-1-2-9-10(6-16-11(9)4-8)7-3-12-13(17-5-7)19-14(20)18-12/h1-6,16H,(H2,17,18,19,20). The summed E-state index contributed by atoms with van der Waals surface area (Å²) in [5.41, 5.74) is 3.36. The number of aromatic amines is 3. The molecule has 0 bridgehead atoms. The van der Waals surface area contributed by atoms with E-state index in [1.807, 2.05) is 6.07 Å². The van der Waals surface area contributed by atoms with Crippen molar-refractivity contribution in [2.75, 3.05) is 0 Å². The van der Waals surface area contributed by atoms with Crippen molar-refractivity contribution in [1.82, 2.24) is 19.9 Å². The van der Waals surface area contributed by atoms with Crippen molar-refractivity contribution in [1.29, 1.82) is 0 Å². The number of aromatic nitrogens is 4. The number of benzene rings is 1. The molecule has 0 aliphatic carbocycles. The van der Waals surface area contributed by atoms with Gasteiger partial charge in [-0.25, -0.2) is 14.2 Å². The van der Waals surface area contributed by atoms with E-state index < -0.39 is 0 Å². The fraction of sp³-hybridized carbons (Fsp3) is 0. The lowest BCUT2D eigenvalue weighted by atomic mass is 10.1. The maximum absolute atomic E-state index is 13.2. The third kappa shape index (κ3) is 1.55. The molecular formula is C14H9FN4O. The largest absolute Gasteiger partial charge is 0.360 e. The van der Waals surface area contributed by atoms with Gasteiger partial charge in [-0.15, -0.1) is 0 Å². The molecule has 4 aromatic rings. The molecule has 0 atom stereocenters. The number of fused-ring (bicyclic) bond motifs is 2. The molecule has 0 saturated carbocycles. The Kier molecular flexibility index (Phi) is 2.09. The zero-order valence-corrected chi connectivity index (χ0v) is 10.2. The first-order chi connectivity index (χ1) is 9.70. The summed E-state index contributed by atoms with van der Waals surface area (Å²) in [5, 5.41) is 0.908. The van der Waals surface area contributed by atoms with Gasteiger partial charge in [-0.05, 0) is 24.3 Å². The molecule has 20 heavy (non-hydrogen) atoms. The normalized spacial score (nSPS) is 11.4. The molecule has 4 rings (SSSR count).